The maximum atomic E-state index is 13.7. The molecule has 7 nitrogen and oxygen atoms in total. The molecule has 0 aliphatic carbocycles. The molecule has 0 atom stereocenters. The minimum absolute atomic E-state index is 0.0773. The highest BCUT2D eigenvalue weighted by Gasteiger charge is 2.23. The van der Waals surface area contributed by atoms with Crippen LogP contribution in [-0.2, 0) is 14.8 Å². The van der Waals surface area contributed by atoms with Crippen molar-refractivity contribution >= 4 is 43.2 Å². The van der Waals surface area contributed by atoms with E-state index in [1.165, 1.54) is 45.2 Å². The average molecular weight is 460 g/mol. The van der Waals surface area contributed by atoms with Crippen LogP contribution in [-0.4, -0.2) is 27.0 Å². The van der Waals surface area contributed by atoms with Crippen molar-refractivity contribution in [3.05, 3.63) is 46.7 Å². The highest BCUT2D eigenvalue weighted by molar-refractivity contribution is 9.10. The van der Waals surface area contributed by atoms with E-state index >= 15 is 0 Å². The van der Waals surface area contributed by atoms with Gasteiger partial charge in [-0.25, -0.2) is 12.8 Å². The lowest BCUT2D eigenvalue weighted by Crippen LogP contribution is -2.45. The van der Waals surface area contributed by atoms with E-state index in [0.29, 0.717) is 5.69 Å². The number of methoxy groups -OCH3 is 1. The van der Waals surface area contributed by atoms with Crippen molar-refractivity contribution in [1.29, 1.82) is 0 Å². The number of carbonyl (C=O) groups excluding carboxylic acids is 1. The zero-order valence-corrected chi connectivity index (χ0v) is 17.2. The summed E-state index contributed by atoms with van der Waals surface area (Å²) < 4.78 is 46.5. The number of sulfonamides is 1. The summed E-state index contributed by atoms with van der Waals surface area (Å²) in [6, 6.07) is 7.85. The fraction of sp³-hybridized carbons (Fsp3) is 0.235. The van der Waals surface area contributed by atoms with Gasteiger partial charge in [0.1, 0.15) is 11.6 Å². The quantitative estimate of drug-likeness (QED) is 0.614. The summed E-state index contributed by atoms with van der Waals surface area (Å²) in [5.41, 5.74) is 5.02. The molecule has 0 spiro atoms. The smallest absolute Gasteiger partial charge is 0.262 e. The van der Waals surface area contributed by atoms with Crippen molar-refractivity contribution in [3.8, 4) is 5.75 Å². The largest absolute Gasteiger partial charge is 0.495 e. The Balaban J connectivity index is 2.37. The first-order valence-electron chi connectivity index (χ1n) is 7.70. The molecule has 1 amide bonds. The van der Waals surface area contributed by atoms with Crippen molar-refractivity contribution in [2.24, 2.45) is 5.73 Å². The summed E-state index contributed by atoms with van der Waals surface area (Å²) in [7, 11) is -2.72. The molecule has 0 aliphatic heterocycles. The lowest BCUT2D eigenvalue weighted by Gasteiger charge is -2.19. The van der Waals surface area contributed by atoms with E-state index in [1.807, 2.05) is 0 Å². The molecule has 0 fully saturated rings. The Morgan fingerprint density at radius 1 is 1.22 bits per heavy atom. The summed E-state index contributed by atoms with van der Waals surface area (Å²) in [6.07, 6.45) is 0. The number of nitrogens with one attached hydrogen (secondary N) is 2. The van der Waals surface area contributed by atoms with Crippen LogP contribution in [0.2, 0.25) is 0 Å². The molecule has 0 radical (unpaired) electrons. The first-order valence-corrected chi connectivity index (χ1v) is 9.98. The Labute approximate surface area is 165 Å². The Bertz CT molecular complexity index is 975. The van der Waals surface area contributed by atoms with Gasteiger partial charge in [0.05, 0.1) is 27.7 Å². The third kappa shape index (κ3) is 5.18. The molecule has 0 saturated carbocycles. The predicted molar refractivity (Wildman–Crippen MR) is 105 cm³/mol. The summed E-state index contributed by atoms with van der Waals surface area (Å²) in [5.74, 6) is -0.936. The van der Waals surface area contributed by atoms with Crippen molar-refractivity contribution in [2.45, 2.75) is 24.3 Å². The van der Waals surface area contributed by atoms with Crippen molar-refractivity contribution < 1.29 is 22.3 Å². The van der Waals surface area contributed by atoms with Crippen molar-refractivity contribution in [1.82, 2.24) is 0 Å². The third-order valence-electron chi connectivity index (χ3n) is 3.49. The van der Waals surface area contributed by atoms with Crippen LogP contribution in [0, 0.1) is 5.82 Å². The zero-order chi connectivity index (χ0) is 20.4. The maximum absolute atomic E-state index is 13.7. The van der Waals surface area contributed by atoms with Crippen LogP contribution in [0.3, 0.4) is 0 Å². The summed E-state index contributed by atoms with van der Waals surface area (Å²) >= 11 is 2.97. The van der Waals surface area contributed by atoms with Crippen LogP contribution in [0.4, 0.5) is 15.8 Å². The number of halogens is 2. The first-order chi connectivity index (χ1) is 12.4. The van der Waals surface area contributed by atoms with Crippen LogP contribution in [0.5, 0.6) is 5.75 Å². The molecule has 27 heavy (non-hydrogen) atoms. The van der Waals surface area contributed by atoms with Gasteiger partial charge in [0.15, 0.2) is 0 Å². The highest BCUT2D eigenvalue weighted by atomic mass is 79.9. The number of benzene rings is 2. The van der Waals surface area contributed by atoms with E-state index in [-0.39, 0.29) is 20.8 Å². The number of hydrogen-bond donors (Lipinski definition) is 3. The number of rotatable bonds is 6. The summed E-state index contributed by atoms with van der Waals surface area (Å²) in [6.45, 7) is 3.08. The van der Waals surface area contributed by atoms with Gasteiger partial charge in [0, 0.05) is 5.69 Å². The fourth-order valence-electron chi connectivity index (χ4n) is 2.01. The van der Waals surface area contributed by atoms with Gasteiger partial charge >= 0.3 is 0 Å². The van der Waals surface area contributed by atoms with Crippen LogP contribution in [0.15, 0.2) is 45.8 Å². The van der Waals surface area contributed by atoms with Gasteiger partial charge in [-0.3, -0.25) is 9.52 Å². The number of amides is 1. The van der Waals surface area contributed by atoms with E-state index in [4.69, 9.17) is 10.5 Å². The molecule has 146 valence electrons. The standard InChI is InChI=1S/C17H19BrFN3O4S/c1-17(2,20)16(23)21-10-4-7-15(26-3)14(8-10)22-27(24,25)11-5-6-12(18)13(19)9-11/h4-9,22H,20H2,1-3H3,(H,21,23). The number of ether oxygens (including phenoxy) is 1. The topological polar surface area (TPSA) is 111 Å². The molecule has 2 rings (SSSR count). The molecule has 0 aliphatic rings. The van der Waals surface area contributed by atoms with Crippen molar-refractivity contribution in [3.63, 3.8) is 0 Å². The van der Waals surface area contributed by atoms with E-state index in [1.54, 1.807) is 6.07 Å². The van der Waals surface area contributed by atoms with Gasteiger partial charge in [-0.05, 0) is 66.2 Å². The maximum Gasteiger partial charge on any atom is 0.262 e. The van der Waals surface area contributed by atoms with Crippen LogP contribution in [0.1, 0.15) is 13.8 Å². The molecule has 0 heterocycles. The molecular formula is C17H19BrFN3O4S. The SMILES string of the molecule is COc1ccc(NC(=O)C(C)(C)N)cc1NS(=O)(=O)c1ccc(Br)c(F)c1. The van der Waals surface area contributed by atoms with E-state index < -0.39 is 27.3 Å². The molecule has 10 heteroatoms. The van der Waals surface area contributed by atoms with Crippen LogP contribution in [0.25, 0.3) is 0 Å². The van der Waals surface area contributed by atoms with E-state index in [0.717, 1.165) is 6.07 Å². The second kappa shape index (κ2) is 7.83. The molecule has 0 bridgehead atoms. The van der Waals surface area contributed by atoms with Crippen molar-refractivity contribution in [2.75, 3.05) is 17.1 Å². The number of hydrogen-bond acceptors (Lipinski definition) is 5. The minimum atomic E-state index is -4.09. The van der Waals surface area contributed by atoms with Gasteiger partial charge < -0.3 is 15.8 Å². The molecule has 4 N–H and O–H groups in total. The van der Waals surface area contributed by atoms with Gasteiger partial charge in [-0.15, -0.1) is 0 Å². The zero-order valence-electron chi connectivity index (χ0n) is 14.8. The number of carbonyl (C=O) groups is 1. The molecule has 2 aromatic carbocycles. The number of anilines is 2. The van der Waals surface area contributed by atoms with E-state index in [9.17, 15) is 17.6 Å². The Morgan fingerprint density at radius 3 is 2.44 bits per heavy atom. The van der Waals surface area contributed by atoms with Gasteiger partial charge in [0.25, 0.3) is 10.0 Å². The second-order valence-electron chi connectivity index (χ2n) is 6.27. The van der Waals surface area contributed by atoms with E-state index in [2.05, 4.69) is 26.0 Å². The monoisotopic (exact) mass is 459 g/mol. The van der Waals surface area contributed by atoms with Gasteiger partial charge in [0.2, 0.25) is 5.91 Å². The lowest BCUT2D eigenvalue weighted by molar-refractivity contribution is -0.120. The molecule has 0 saturated heterocycles. The molecule has 0 aromatic heterocycles. The minimum Gasteiger partial charge on any atom is -0.495 e. The van der Waals surface area contributed by atoms with Crippen LogP contribution >= 0.6 is 15.9 Å². The fourth-order valence-corrected chi connectivity index (χ4v) is 3.32. The Kier molecular flexibility index (Phi) is 6.13. The number of nitrogens with two attached hydrogens (primary N) is 1. The normalized spacial score (nSPS) is 11.8. The lowest BCUT2D eigenvalue weighted by atomic mass is 10.1. The Hall–Kier alpha value is -2.17. The summed E-state index contributed by atoms with van der Waals surface area (Å²) in [4.78, 5) is 11.8. The molecule has 0 unspecified atom stereocenters. The highest BCUT2D eigenvalue weighted by Crippen LogP contribution is 2.31. The molecular weight excluding hydrogens is 441 g/mol. The third-order valence-corrected chi connectivity index (χ3v) is 5.49. The predicted octanol–water partition coefficient (Wildman–Crippen LogP) is 3.07. The Morgan fingerprint density at radius 2 is 1.89 bits per heavy atom. The first kappa shape index (κ1) is 21.1. The molecule has 2 aromatic rings. The second-order valence-corrected chi connectivity index (χ2v) is 8.81. The van der Waals surface area contributed by atoms with Crippen LogP contribution < -0.4 is 20.5 Å². The average Bonchev–Trinajstić information content (AvgIpc) is 2.56. The van der Waals surface area contributed by atoms with Gasteiger partial charge in [-0.2, -0.15) is 0 Å². The summed E-state index contributed by atoms with van der Waals surface area (Å²) in [5, 5.41) is 2.60. The van der Waals surface area contributed by atoms with Gasteiger partial charge in [-0.1, -0.05) is 0 Å².